The highest BCUT2D eigenvalue weighted by molar-refractivity contribution is 5.93. The Morgan fingerprint density at radius 1 is 1.12 bits per heavy atom. The summed E-state index contributed by atoms with van der Waals surface area (Å²) in [5.74, 6) is 0.381. The van der Waals surface area contributed by atoms with Crippen molar-refractivity contribution in [1.82, 2.24) is 14.9 Å². The molecule has 5 rings (SSSR count). The molecular formula is C27H28F3N3O. The van der Waals surface area contributed by atoms with Gasteiger partial charge in [0.1, 0.15) is 5.69 Å². The predicted molar refractivity (Wildman–Crippen MR) is 124 cm³/mol. The summed E-state index contributed by atoms with van der Waals surface area (Å²) in [7, 11) is 0. The lowest BCUT2D eigenvalue weighted by molar-refractivity contribution is -0.137. The van der Waals surface area contributed by atoms with Gasteiger partial charge in [-0.2, -0.15) is 13.2 Å². The Kier molecular flexibility index (Phi) is 5.15. The van der Waals surface area contributed by atoms with Crippen molar-refractivity contribution in [1.29, 1.82) is 0 Å². The third-order valence-electron chi connectivity index (χ3n) is 8.64. The third-order valence-corrected chi connectivity index (χ3v) is 8.64. The monoisotopic (exact) mass is 467 g/mol. The maximum absolute atomic E-state index is 13.6. The number of nitrogens with zero attached hydrogens (tertiary/aromatic N) is 2. The lowest BCUT2D eigenvalue weighted by Gasteiger charge is -2.39. The van der Waals surface area contributed by atoms with Crippen LogP contribution in [-0.4, -0.2) is 21.5 Å². The van der Waals surface area contributed by atoms with Gasteiger partial charge in [-0.1, -0.05) is 51.1 Å². The van der Waals surface area contributed by atoms with E-state index in [1.54, 1.807) is 34.9 Å². The van der Waals surface area contributed by atoms with Gasteiger partial charge in [0.25, 0.3) is 5.91 Å². The van der Waals surface area contributed by atoms with Gasteiger partial charge >= 0.3 is 6.18 Å². The molecule has 3 atom stereocenters. The summed E-state index contributed by atoms with van der Waals surface area (Å²) in [4.78, 5) is 17.5. The Bertz CT molecular complexity index is 1250. The minimum absolute atomic E-state index is 0.0411. The summed E-state index contributed by atoms with van der Waals surface area (Å²) < 4.78 is 42.3. The summed E-state index contributed by atoms with van der Waals surface area (Å²) in [5.41, 5.74) is 0.989. The second-order valence-electron chi connectivity index (χ2n) is 10.4. The molecule has 1 amide bonds. The molecule has 2 fully saturated rings. The molecule has 0 aliphatic heterocycles. The van der Waals surface area contributed by atoms with Crippen molar-refractivity contribution in [3.63, 3.8) is 0 Å². The molecule has 0 spiro atoms. The van der Waals surface area contributed by atoms with Gasteiger partial charge in [-0.3, -0.25) is 9.36 Å². The van der Waals surface area contributed by atoms with Crippen LogP contribution >= 0.6 is 0 Å². The number of aromatic nitrogens is 2. The van der Waals surface area contributed by atoms with Crippen LogP contribution < -0.4 is 5.32 Å². The molecule has 0 unspecified atom stereocenters. The number of fused-ring (bicyclic) bond motifs is 2. The van der Waals surface area contributed by atoms with E-state index in [2.05, 4.69) is 31.1 Å². The summed E-state index contributed by atoms with van der Waals surface area (Å²) in [6, 6.07) is 12.3. The van der Waals surface area contributed by atoms with Crippen molar-refractivity contribution in [3.05, 3.63) is 72.3 Å². The first kappa shape index (κ1) is 22.7. The molecule has 2 bridgehead atoms. The van der Waals surface area contributed by atoms with Crippen LogP contribution in [0.5, 0.6) is 0 Å². The molecule has 7 heteroatoms. The Hall–Kier alpha value is -3.09. The fourth-order valence-corrected chi connectivity index (χ4v) is 6.13. The second kappa shape index (κ2) is 7.72. The van der Waals surface area contributed by atoms with Crippen LogP contribution in [0.15, 0.2) is 61.1 Å². The number of carbonyl (C=O) groups excluding carboxylic acids is 1. The summed E-state index contributed by atoms with van der Waals surface area (Å²) >= 11 is 0. The Morgan fingerprint density at radius 3 is 2.56 bits per heavy atom. The molecule has 0 saturated heterocycles. The summed E-state index contributed by atoms with van der Waals surface area (Å²) in [6.07, 6.45) is 1.82. The number of carbonyl (C=O) groups is 1. The van der Waals surface area contributed by atoms with Gasteiger partial charge in [-0.25, -0.2) is 4.98 Å². The molecule has 2 saturated carbocycles. The van der Waals surface area contributed by atoms with Gasteiger partial charge in [-0.15, -0.1) is 0 Å². The van der Waals surface area contributed by atoms with E-state index in [0.717, 1.165) is 18.9 Å². The highest BCUT2D eigenvalue weighted by Crippen LogP contribution is 2.65. The fourth-order valence-electron chi connectivity index (χ4n) is 6.13. The molecule has 2 aliphatic carbocycles. The van der Waals surface area contributed by atoms with Crippen LogP contribution in [-0.2, 0) is 6.18 Å². The molecular weight excluding hydrogens is 439 g/mol. The van der Waals surface area contributed by atoms with Crippen LogP contribution in [0.4, 0.5) is 13.2 Å². The number of halogens is 3. The van der Waals surface area contributed by atoms with Gasteiger partial charge in [0.15, 0.2) is 0 Å². The first-order valence-corrected chi connectivity index (χ1v) is 11.6. The topological polar surface area (TPSA) is 46.9 Å². The second-order valence-corrected chi connectivity index (χ2v) is 10.4. The zero-order valence-electron chi connectivity index (χ0n) is 19.5. The maximum Gasteiger partial charge on any atom is 0.417 e. The number of benzene rings is 2. The summed E-state index contributed by atoms with van der Waals surface area (Å²) in [6.45, 7) is 6.86. The van der Waals surface area contributed by atoms with Crippen molar-refractivity contribution in [2.45, 2.75) is 52.3 Å². The minimum Gasteiger partial charge on any atom is -0.347 e. The average Bonchev–Trinajstić information content (AvgIpc) is 3.42. The van der Waals surface area contributed by atoms with Crippen LogP contribution in [0.1, 0.15) is 56.1 Å². The van der Waals surface area contributed by atoms with E-state index in [1.807, 2.05) is 0 Å². The van der Waals surface area contributed by atoms with Crippen molar-refractivity contribution in [2.24, 2.45) is 16.7 Å². The highest BCUT2D eigenvalue weighted by atomic mass is 19.4. The van der Waals surface area contributed by atoms with Gasteiger partial charge in [-0.05, 0) is 65.3 Å². The highest BCUT2D eigenvalue weighted by Gasteiger charge is 2.61. The zero-order valence-corrected chi connectivity index (χ0v) is 19.5. The SMILES string of the molecule is CC1(C)[C@H]2CC[C@@]1(C)[C@@H](NC(=O)c1cncn1-c1cccc(-c3ccccc3C(F)(F)F)c1)C2. The molecule has 178 valence electrons. The fraction of sp³-hybridized carbons (Fsp3) is 0.407. The van der Waals surface area contributed by atoms with E-state index >= 15 is 0 Å². The number of nitrogens with one attached hydrogen (secondary N) is 1. The van der Waals surface area contributed by atoms with E-state index < -0.39 is 11.7 Å². The molecule has 0 radical (unpaired) electrons. The molecule has 3 aromatic rings. The van der Waals surface area contributed by atoms with Crippen LogP contribution in [0.3, 0.4) is 0 Å². The third kappa shape index (κ3) is 3.44. The minimum atomic E-state index is -4.46. The smallest absolute Gasteiger partial charge is 0.347 e. The first-order valence-electron chi connectivity index (χ1n) is 11.6. The number of alkyl halides is 3. The van der Waals surface area contributed by atoms with E-state index in [1.165, 1.54) is 31.1 Å². The van der Waals surface area contributed by atoms with Gasteiger partial charge in [0.2, 0.25) is 0 Å². The van der Waals surface area contributed by atoms with Crippen molar-refractivity contribution in [3.8, 4) is 16.8 Å². The number of rotatable bonds is 4. The molecule has 1 N–H and O–H groups in total. The van der Waals surface area contributed by atoms with E-state index in [0.29, 0.717) is 22.9 Å². The van der Waals surface area contributed by atoms with E-state index in [-0.39, 0.29) is 28.3 Å². The van der Waals surface area contributed by atoms with Crippen molar-refractivity contribution >= 4 is 5.91 Å². The number of hydrogen-bond donors (Lipinski definition) is 1. The van der Waals surface area contributed by atoms with Crippen molar-refractivity contribution < 1.29 is 18.0 Å². The van der Waals surface area contributed by atoms with E-state index in [4.69, 9.17) is 0 Å². The van der Waals surface area contributed by atoms with Crippen LogP contribution in [0, 0.1) is 16.7 Å². The molecule has 2 aromatic carbocycles. The average molecular weight is 468 g/mol. The predicted octanol–water partition coefficient (Wildman–Crippen LogP) is 6.50. The van der Waals surface area contributed by atoms with Gasteiger partial charge in [0, 0.05) is 11.7 Å². The lowest BCUT2D eigenvalue weighted by atomic mass is 9.69. The largest absolute Gasteiger partial charge is 0.417 e. The molecule has 1 aromatic heterocycles. The molecule has 1 heterocycles. The maximum atomic E-state index is 13.6. The Labute approximate surface area is 197 Å². The standard InChI is InChI=1S/C27H28F3N3O/c1-25(2)18-11-12-26(25,3)23(14-18)32-24(34)22-15-31-16-33(22)19-8-6-7-17(13-19)20-9-4-5-10-21(20)27(28,29)30/h4-10,13,15-16,18,23H,11-12,14H2,1-3H3,(H,32,34)/t18-,23-,26-/m0/s1. The Balaban J connectivity index is 1.45. The summed E-state index contributed by atoms with van der Waals surface area (Å²) in [5, 5.41) is 3.25. The molecule has 2 aliphatic rings. The van der Waals surface area contributed by atoms with Crippen LogP contribution in [0.25, 0.3) is 16.8 Å². The van der Waals surface area contributed by atoms with Gasteiger partial charge in [0.05, 0.1) is 18.1 Å². The van der Waals surface area contributed by atoms with Crippen LogP contribution in [0.2, 0.25) is 0 Å². The lowest BCUT2D eigenvalue weighted by Crippen LogP contribution is -2.47. The van der Waals surface area contributed by atoms with E-state index in [9.17, 15) is 18.0 Å². The Morgan fingerprint density at radius 2 is 1.88 bits per heavy atom. The molecule has 34 heavy (non-hydrogen) atoms. The van der Waals surface area contributed by atoms with Crippen molar-refractivity contribution in [2.75, 3.05) is 0 Å². The number of hydrogen-bond acceptors (Lipinski definition) is 2. The molecule has 4 nitrogen and oxygen atoms in total. The number of imidazole rings is 1. The normalized spacial score (nSPS) is 25.5. The zero-order chi connectivity index (χ0) is 24.3. The quantitative estimate of drug-likeness (QED) is 0.476. The first-order chi connectivity index (χ1) is 16.0. The van der Waals surface area contributed by atoms with Gasteiger partial charge < -0.3 is 5.32 Å². The number of amides is 1.